The fourth-order valence-corrected chi connectivity index (χ4v) is 3.47. The molecule has 4 rings (SSSR count). The summed E-state index contributed by atoms with van der Waals surface area (Å²) in [5.74, 6) is 1.04. The van der Waals surface area contributed by atoms with Gasteiger partial charge in [-0.15, -0.1) is 10.2 Å². The van der Waals surface area contributed by atoms with E-state index in [4.69, 9.17) is 33.0 Å². The van der Waals surface area contributed by atoms with Crippen molar-refractivity contribution < 1.29 is 4.42 Å². The first-order chi connectivity index (χ1) is 12.0. The molecule has 1 aromatic carbocycles. The first kappa shape index (κ1) is 16.2. The molecular formula is C17H15Cl2N5O. The molecule has 25 heavy (non-hydrogen) atoms. The summed E-state index contributed by atoms with van der Waals surface area (Å²) in [5, 5.41) is 17.9. The molecule has 6 nitrogen and oxygen atoms in total. The fraction of sp³-hybridized carbons (Fsp3) is 0.235. The molecule has 1 N–H and O–H groups in total. The van der Waals surface area contributed by atoms with Crippen LogP contribution in [0.2, 0.25) is 5.02 Å². The minimum Gasteiger partial charge on any atom is -0.423 e. The van der Waals surface area contributed by atoms with Crippen LogP contribution in [0.3, 0.4) is 0 Å². The highest BCUT2D eigenvalue weighted by Crippen LogP contribution is 2.27. The number of benzene rings is 1. The molecule has 0 aliphatic heterocycles. The Bertz CT molecular complexity index is 1070. The smallest absolute Gasteiger partial charge is 0.236 e. The summed E-state index contributed by atoms with van der Waals surface area (Å²) in [5.41, 5.74) is 1.98. The highest BCUT2D eigenvalue weighted by molar-refractivity contribution is 6.35. The van der Waals surface area contributed by atoms with Crippen molar-refractivity contribution >= 4 is 34.2 Å². The van der Waals surface area contributed by atoms with Crippen molar-refractivity contribution in [2.75, 3.05) is 0 Å². The summed E-state index contributed by atoms with van der Waals surface area (Å²) >= 11 is 12.2. The van der Waals surface area contributed by atoms with E-state index in [-0.39, 0.29) is 5.92 Å². The zero-order valence-electron chi connectivity index (χ0n) is 13.4. The average Bonchev–Trinajstić information content (AvgIpc) is 3.16. The average molecular weight is 376 g/mol. The topological polar surface area (TPSA) is 72.6 Å². The highest BCUT2D eigenvalue weighted by atomic mass is 35.5. The maximum Gasteiger partial charge on any atom is 0.236 e. The van der Waals surface area contributed by atoms with Gasteiger partial charge in [0.15, 0.2) is 0 Å². The summed E-state index contributed by atoms with van der Waals surface area (Å²) in [6, 6.07) is 5.60. The van der Waals surface area contributed by atoms with Crippen LogP contribution >= 0.6 is 23.2 Å². The number of hydrogen-bond acceptors (Lipinski definition) is 4. The maximum atomic E-state index is 8.34. The van der Waals surface area contributed by atoms with Gasteiger partial charge in [0.05, 0.1) is 22.0 Å². The van der Waals surface area contributed by atoms with Crippen LogP contribution in [0.5, 0.6) is 0 Å². The molecule has 1 atom stereocenters. The van der Waals surface area contributed by atoms with Crippen molar-refractivity contribution in [3.05, 3.63) is 63.9 Å². The van der Waals surface area contributed by atoms with E-state index in [0.717, 1.165) is 22.5 Å². The van der Waals surface area contributed by atoms with Crippen LogP contribution in [-0.2, 0) is 13.6 Å². The standard InChI is InChI=1S/C17H15Cl2N5O/c1-23-15-12(19)3-2-4-13(15)24(17(23)20)9-14-21-22-16(25-14)10-5-7-11(18)8-6-10/h2-5,7-8,10,20H,6,9H2,1H3. The van der Waals surface area contributed by atoms with Gasteiger partial charge in [0.1, 0.15) is 6.54 Å². The van der Waals surface area contributed by atoms with Crippen LogP contribution in [0.1, 0.15) is 24.1 Å². The van der Waals surface area contributed by atoms with E-state index >= 15 is 0 Å². The molecule has 0 amide bonds. The Labute approximate surface area is 153 Å². The fourth-order valence-electron chi connectivity index (χ4n) is 3.01. The van der Waals surface area contributed by atoms with Gasteiger partial charge in [-0.2, -0.15) is 0 Å². The van der Waals surface area contributed by atoms with Gasteiger partial charge in [-0.05, 0) is 24.6 Å². The Morgan fingerprint density at radius 2 is 2.16 bits per heavy atom. The third-order valence-electron chi connectivity index (χ3n) is 4.31. The second-order valence-corrected chi connectivity index (χ2v) is 6.74. The molecule has 2 aromatic heterocycles. The van der Waals surface area contributed by atoms with E-state index < -0.39 is 0 Å². The molecule has 0 bridgehead atoms. The van der Waals surface area contributed by atoms with Crippen molar-refractivity contribution in [1.29, 1.82) is 5.41 Å². The van der Waals surface area contributed by atoms with Crippen molar-refractivity contribution in [2.24, 2.45) is 7.05 Å². The first-order valence-electron chi connectivity index (χ1n) is 7.79. The molecule has 0 radical (unpaired) electrons. The lowest BCUT2D eigenvalue weighted by Crippen LogP contribution is -2.23. The number of nitrogens with zero attached hydrogens (tertiary/aromatic N) is 4. The molecule has 1 aliphatic carbocycles. The summed E-state index contributed by atoms with van der Waals surface area (Å²) in [6.45, 7) is 0.316. The third kappa shape index (κ3) is 2.81. The van der Waals surface area contributed by atoms with Crippen LogP contribution in [0.25, 0.3) is 11.0 Å². The van der Waals surface area contributed by atoms with Crippen LogP contribution in [0, 0.1) is 5.41 Å². The van der Waals surface area contributed by atoms with Gasteiger partial charge in [0, 0.05) is 12.1 Å². The van der Waals surface area contributed by atoms with Crippen LogP contribution in [-0.4, -0.2) is 19.3 Å². The Morgan fingerprint density at radius 3 is 2.92 bits per heavy atom. The number of hydrogen-bond donors (Lipinski definition) is 1. The van der Waals surface area contributed by atoms with Gasteiger partial charge in [0.2, 0.25) is 17.4 Å². The maximum absolute atomic E-state index is 8.34. The van der Waals surface area contributed by atoms with Gasteiger partial charge in [-0.25, -0.2) is 0 Å². The third-order valence-corrected chi connectivity index (χ3v) is 4.90. The lowest BCUT2D eigenvalue weighted by molar-refractivity contribution is 0.423. The molecule has 2 heterocycles. The van der Waals surface area contributed by atoms with E-state index in [9.17, 15) is 0 Å². The Balaban J connectivity index is 1.67. The van der Waals surface area contributed by atoms with E-state index in [1.807, 2.05) is 43.5 Å². The van der Waals surface area contributed by atoms with Gasteiger partial charge in [-0.3, -0.25) is 5.41 Å². The molecule has 0 saturated heterocycles. The van der Waals surface area contributed by atoms with Gasteiger partial charge >= 0.3 is 0 Å². The molecule has 128 valence electrons. The number of aryl methyl sites for hydroxylation is 1. The summed E-state index contributed by atoms with van der Waals surface area (Å²) < 4.78 is 9.35. The molecule has 8 heteroatoms. The van der Waals surface area contributed by atoms with Gasteiger partial charge in [-0.1, -0.05) is 41.4 Å². The molecule has 0 saturated carbocycles. The molecule has 1 aliphatic rings. The number of aromatic nitrogens is 4. The highest BCUT2D eigenvalue weighted by Gasteiger charge is 2.19. The minimum absolute atomic E-state index is 0.0335. The number of rotatable bonds is 3. The Morgan fingerprint density at radius 1 is 1.32 bits per heavy atom. The zero-order chi connectivity index (χ0) is 17.6. The lowest BCUT2D eigenvalue weighted by Gasteiger charge is -2.08. The van der Waals surface area contributed by atoms with E-state index in [1.54, 1.807) is 9.13 Å². The largest absolute Gasteiger partial charge is 0.423 e. The van der Waals surface area contributed by atoms with E-state index in [0.29, 0.717) is 29.0 Å². The van der Waals surface area contributed by atoms with Crippen LogP contribution < -0.4 is 5.62 Å². The van der Waals surface area contributed by atoms with E-state index in [1.165, 1.54) is 0 Å². The van der Waals surface area contributed by atoms with Crippen molar-refractivity contribution in [3.63, 3.8) is 0 Å². The number of halogens is 2. The monoisotopic (exact) mass is 375 g/mol. The van der Waals surface area contributed by atoms with Gasteiger partial charge in [0.25, 0.3) is 0 Å². The molecule has 0 spiro atoms. The minimum atomic E-state index is 0.0335. The van der Waals surface area contributed by atoms with Crippen molar-refractivity contribution in [3.8, 4) is 0 Å². The second kappa shape index (κ2) is 6.20. The molecule has 1 unspecified atom stereocenters. The number of para-hydroxylation sites is 1. The van der Waals surface area contributed by atoms with Crippen molar-refractivity contribution in [2.45, 2.75) is 18.9 Å². The quantitative estimate of drug-likeness (QED) is 0.758. The van der Waals surface area contributed by atoms with Gasteiger partial charge < -0.3 is 13.6 Å². The molecular weight excluding hydrogens is 361 g/mol. The number of nitrogens with one attached hydrogen (secondary N) is 1. The summed E-state index contributed by atoms with van der Waals surface area (Å²) in [6.07, 6.45) is 6.46. The summed E-state index contributed by atoms with van der Waals surface area (Å²) in [7, 11) is 1.81. The summed E-state index contributed by atoms with van der Waals surface area (Å²) in [4.78, 5) is 0. The SMILES string of the molecule is Cn1c(=N)n(Cc2nnc(C3C=CC(Cl)=CC3)o2)c2cccc(Cl)c21. The lowest BCUT2D eigenvalue weighted by atomic mass is 10.0. The number of allylic oxidation sites excluding steroid dienone is 4. The zero-order valence-corrected chi connectivity index (χ0v) is 14.9. The predicted octanol–water partition coefficient (Wildman–Crippen LogP) is 3.71. The molecule has 0 fully saturated rings. The predicted molar refractivity (Wildman–Crippen MR) is 95.6 cm³/mol. The van der Waals surface area contributed by atoms with Crippen LogP contribution in [0.4, 0.5) is 0 Å². The van der Waals surface area contributed by atoms with Crippen LogP contribution in [0.15, 0.2) is 45.9 Å². The number of fused-ring (bicyclic) bond motifs is 1. The molecule has 3 aromatic rings. The number of imidazole rings is 1. The Kier molecular flexibility index (Phi) is 4.01. The van der Waals surface area contributed by atoms with E-state index in [2.05, 4.69) is 10.2 Å². The normalized spacial score (nSPS) is 17.2. The van der Waals surface area contributed by atoms with Crippen molar-refractivity contribution in [1.82, 2.24) is 19.3 Å². The first-order valence-corrected chi connectivity index (χ1v) is 8.54. The Hall–Kier alpha value is -2.31. The second-order valence-electron chi connectivity index (χ2n) is 5.90.